The number of nitro benzene ring substituents is 1. The van der Waals surface area contributed by atoms with Crippen LogP contribution in [0.5, 0.6) is 11.5 Å². The molecule has 7 nitrogen and oxygen atoms in total. The minimum absolute atomic E-state index is 0.0255. The summed E-state index contributed by atoms with van der Waals surface area (Å²) < 4.78 is 10.3. The Morgan fingerprint density at radius 1 is 1.04 bits per heavy atom. The molecule has 0 aliphatic heterocycles. The molecule has 0 radical (unpaired) electrons. The zero-order chi connectivity index (χ0) is 20.7. The van der Waals surface area contributed by atoms with Crippen LogP contribution in [0.2, 0.25) is 0 Å². The minimum Gasteiger partial charge on any atom is -0.497 e. The lowest BCUT2D eigenvalue weighted by molar-refractivity contribution is -0.385. The van der Waals surface area contributed by atoms with E-state index in [1.54, 1.807) is 19.2 Å². The van der Waals surface area contributed by atoms with E-state index in [2.05, 4.69) is 18.7 Å². The molecular formula is C21H29N3O4. The van der Waals surface area contributed by atoms with Gasteiger partial charge in [0.1, 0.15) is 5.75 Å². The maximum absolute atomic E-state index is 11.3. The van der Waals surface area contributed by atoms with E-state index in [1.807, 2.05) is 30.3 Å². The molecule has 0 unspecified atom stereocenters. The number of nitrogens with two attached hydrogens (primary N) is 1. The predicted molar refractivity (Wildman–Crippen MR) is 110 cm³/mol. The van der Waals surface area contributed by atoms with Gasteiger partial charge in [-0.15, -0.1) is 0 Å². The van der Waals surface area contributed by atoms with E-state index in [0.717, 1.165) is 23.4 Å². The summed E-state index contributed by atoms with van der Waals surface area (Å²) >= 11 is 0. The van der Waals surface area contributed by atoms with Gasteiger partial charge in [0, 0.05) is 25.7 Å². The molecule has 2 aromatic carbocycles. The number of nitrogens with zero attached hydrogens (tertiary/aromatic N) is 2. The fraction of sp³-hybridized carbons (Fsp3) is 0.429. The van der Waals surface area contributed by atoms with Crippen molar-refractivity contribution in [2.75, 3.05) is 27.3 Å². The maximum Gasteiger partial charge on any atom is 0.311 e. The Labute approximate surface area is 166 Å². The van der Waals surface area contributed by atoms with Gasteiger partial charge in [-0.3, -0.25) is 15.0 Å². The van der Waals surface area contributed by atoms with E-state index in [1.165, 1.54) is 7.11 Å². The molecule has 0 fully saturated rings. The lowest BCUT2D eigenvalue weighted by Gasteiger charge is -2.32. The van der Waals surface area contributed by atoms with Crippen LogP contribution in [0.15, 0.2) is 42.5 Å². The molecule has 0 saturated heterocycles. The third-order valence-electron chi connectivity index (χ3n) is 4.62. The summed E-state index contributed by atoms with van der Waals surface area (Å²) in [5.41, 5.74) is 7.82. The Bertz CT molecular complexity index is 791. The third-order valence-corrected chi connectivity index (χ3v) is 4.62. The monoisotopic (exact) mass is 387 g/mol. The van der Waals surface area contributed by atoms with Gasteiger partial charge in [-0.25, -0.2) is 0 Å². The molecule has 2 rings (SSSR count). The van der Waals surface area contributed by atoms with E-state index in [4.69, 9.17) is 15.2 Å². The molecule has 2 N–H and O–H groups in total. The molecule has 0 atom stereocenters. The summed E-state index contributed by atoms with van der Waals surface area (Å²) in [7, 11) is 3.07. The average molecular weight is 387 g/mol. The molecule has 0 saturated carbocycles. The zero-order valence-corrected chi connectivity index (χ0v) is 17.0. The number of rotatable bonds is 10. The van der Waals surface area contributed by atoms with E-state index in [0.29, 0.717) is 19.6 Å². The molecule has 7 heteroatoms. The van der Waals surface area contributed by atoms with Crippen molar-refractivity contribution in [3.8, 4) is 11.5 Å². The Kier molecular flexibility index (Phi) is 7.37. The topological polar surface area (TPSA) is 90.9 Å². The Morgan fingerprint density at radius 2 is 1.64 bits per heavy atom. The van der Waals surface area contributed by atoms with Crippen LogP contribution in [0.3, 0.4) is 0 Å². The highest BCUT2D eigenvalue weighted by molar-refractivity contribution is 5.48. The number of hydrogen-bond acceptors (Lipinski definition) is 6. The largest absolute Gasteiger partial charge is 0.497 e. The van der Waals surface area contributed by atoms with Crippen molar-refractivity contribution < 1.29 is 14.4 Å². The van der Waals surface area contributed by atoms with Gasteiger partial charge < -0.3 is 15.2 Å². The van der Waals surface area contributed by atoms with Crippen molar-refractivity contribution >= 4 is 5.69 Å². The van der Waals surface area contributed by atoms with Crippen LogP contribution < -0.4 is 15.2 Å². The van der Waals surface area contributed by atoms with Gasteiger partial charge in [0.15, 0.2) is 5.75 Å². The second-order valence-corrected chi connectivity index (χ2v) is 7.62. The van der Waals surface area contributed by atoms with Crippen LogP contribution >= 0.6 is 0 Å². The number of methoxy groups -OCH3 is 2. The molecule has 0 aliphatic rings. The summed E-state index contributed by atoms with van der Waals surface area (Å²) in [4.78, 5) is 13.2. The van der Waals surface area contributed by atoms with Gasteiger partial charge >= 0.3 is 5.69 Å². The normalized spacial score (nSPS) is 11.5. The molecule has 2 aromatic rings. The zero-order valence-electron chi connectivity index (χ0n) is 17.0. The van der Waals surface area contributed by atoms with Crippen LogP contribution in [-0.4, -0.2) is 37.1 Å². The molecule has 0 aliphatic carbocycles. The highest BCUT2D eigenvalue weighted by Crippen LogP contribution is 2.29. The Hall–Kier alpha value is -2.64. The number of hydrogen-bond donors (Lipinski definition) is 1. The Morgan fingerprint density at radius 3 is 2.18 bits per heavy atom. The second-order valence-electron chi connectivity index (χ2n) is 7.62. The first-order chi connectivity index (χ1) is 13.3. The van der Waals surface area contributed by atoms with Crippen molar-refractivity contribution in [2.24, 2.45) is 11.1 Å². The van der Waals surface area contributed by atoms with Gasteiger partial charge in [0.2, 0.25) is 0 Å². The van der Waals surface area contributed by atoms with Gasteiger partial charge in [0.05, 0.1) is 19.1 Å². The molecule has 28 heavy (non-hydrogen) atoms. The first-order valence-corrected chi connectivity index (χ1v) is 9.14. The number of benzene rings is 2. The van der Waals surface area contributed by atoms with Crippen LogP contribution in [0.25, 0.3) is 0 Å². The summed E-state index contributed by atoms with van der Waals surface area (Å²) in [5.74, 6) is 1.07. The van der Waals surface area contributed by atoms with Crippen LogP contribution in [-0.2, 0) is 13.1 Å². The quantitative estimate of drug-likeness (QED) is 0.495. The van der Waals surface area contributed by atoms with E-state index in [9.17, 15) is 10.1 Å². The van der Waals surface area contributed by atoms with Crippen LogP contribution in [0.1, 0.15) is 25.0 Å². The highest BCUT2D eigenvalue weighted by Gasteiger charge is 2.22. The minimum atomic E-state index is -0.417. The van der Waals surface area contributed by atoms with Crippen LogP contribution in [0.4, 0.5) is 5.69 Å². The summed E-state index contributed by atoms with van der Waals surface area (Å²) in [6.45, 7) is 6.81. The fourth-order valence-corrected chi connectivity index (χ4v) is 3.06. The fourth-order valence-electron chi connectivity index (χ4n) is 3.06. The molecule has 0 spiro atoms. The summed E-state index contributed by atoms with van der Waals surface area (Å²) in [6, 6.07) is 13.0. The van der Waals surface area contributed by atoms with Crippen molar-refractivity contribution in [3.05, 3.63) is 63.7 Å². The molecular weight excluding hydrogens is 358 g/mol. The number of ether oxygens (including phenoxy) is 2. The molecule has 152 valence electrons. The van der Waals surface area contributed by atoms with Gasteiger partial charge in [-0.05, 0) is 41.3 Å². The first kappa shape index (κ1) is 21.7. The first-order valence-electron chi connectivity index (χ1n) is 9.14. The average Bonchev–Trinajstić information content (AvgIpc) is 2.68. The predicted octanol–water partition coefficient (Wildman–Crippen LogP) is 3.60. The lowest BCUT2D eigenvalue weighted by Crippen LogP contribution is -2.38. The molecule has 0 amide bonds. The van der Waals surface area contributed by atoms with Crippen LogP contribution in [0, 0.1) is 15.5 Å². The smallest absolute Gasteiger partial charge is 0.311 e. The van der Waals surface area contributed by atoms with E-state index in [-0.39, 0.29) is 16.9 Å². The van der Waals surface area contributed by atoms with Gasteiger partial charge in [0.25, 0.3) is 0 Å². The van der Waals surface area contributed by atoms with Crippen molar-refractivity contribution in [2.45, 2.75) is 26.9 Å². The van der Waals surface area contributed by atoms with Gasteiger partial charge in [-0.1, -0.05) is 32.0 Å². The van der Waals surface area contributed by atoms with Crippen molar-refractivity contribution in [1.29, 1.82) is 0 Å². The highest BCUT2D eigenvalue weighted by atomic mass is 16.6. The van der Waals surface area contributed by atoms with E-state index >= 15 is 0 Å². The molecule has 0 aromatic heterocycles. The SMILES string of the molecule is COc1ccc(CN(Cc2ccc(OC)c([N+](=O)[O-])c2)CC(C)(C)CN)cc1. The Balaban J connectivity index is 2.25. The second kappa shape index (κ2) is 9.52. The van der Waals surface area contributed by atoms with Crippen molar-refractivity contribution in [3.63, 3.8) is 0 Å². The summed E-state index contributed by atoms with van der Waals surface area (Å²) in [6.07, 6.45) is 0. The number of nitro groups is 1. The molecule has 0 heterocycles. The van der Waals surface area contributed by atoms with E-state index < -0.39 is 4.92 Å². The van der Waals surface area contributed by atoms with Gasteiger partial charge in [-0.2, -0.15) is 0 Å². The third kappa shape index (κ3) is 5.94. The lowest BCUT2D eigenvalue weighted by atomic mass is 9.92. The van der Waals surface area contributed by atoms with Crippen molar-refractivity contribution in [1.82, 2.24) is 4.90 Å². The molecule has 0 bridgehead atoms. The standard InChI is InChI=1S/C21H29N3O4/c1-21(2,14-22)15-23(12-16-5-8-18(27-3)9-6-16)13-17-7-10-20(28-4)19(11-17)24(25)26/h5-11H,12-15,22H2,1-4H3. The summed E-state index contributed by atoms with van der Waals surface area (Å²) in [5, 5.41) is 11.3. The maximum atomic E-state index is 11.3.